The highest BCUT2D eigenvalue weighted by atomic mass is 16.5. The Morgan fingerprint density at radius 1 is 1.07 bits per heavy atom. The van der Waals surface area contributed by atoms with Crippen LogP contribution in [0.4, 0.5) is 0 Å². The molecule has 0 saturated heterocycles. The van der Waals surface area contributed by atoms with Crippen molar-refractivity contribution in [2.24, 2.45) is 5.92 Å². The molecule has 0 fully saturated rings. The number of aryl methyl sites for hydroxylation is 3. The Morgan fingerprint density at radius 3 is 2.43 bits per heavy atom. The van der Waals surface area contributed by atoms with Crippen molar-refractivity contribution in [1.82, 2.24) is 5.32 Å². The first-order valence-corrected chi connectivity index (χ1v) is 10.6. The third kappa shape index (κ3) is 4.81. The van der Waals surface area contributed by atoms with Gasteiger partial charge in [-0.25, -0.2) is 0 Å². The summed E-state index contributed by atoms with van der Waals surface area (Å²) in [7, 11) is 0. The summed E-state index contributed by atoms with van der Waals surface area (Å²) < 4.78 is 5.40. The third-order valence-electron chi connectivity index (χ3n) is 5.85. The van der Waals surface area contributed by atoms with E-state index in [1.807, 2.05) is 65.0 Å². The average molecular weight is 406 g/mol. The smallest absolute Gasteiger partial charge is 0.314 e. The summed E-state index contributed by atoms with van der Waals surface area (Å²) in [5.74, 6) is -0.680. The van der Waals surface area contributed by atoms with E-state index in [-0.39, 0.29) is 29.8 Å². The molecule has 1 N–H and O–H groups in total. The van der Waals surface area contributed by atoms with Gasteiger partial charge in [0.1, 0.15) is 0 Å². The maximum absolute atomic E-state index is 12.8. The minimum atomic E-state index is -0.373. The van der Waals surface area contributed by atoms with Crippen molar-refractivity contribution in [2.75, 3.05) is 6.61 Å². The van der Waals surface area contributed by atoms with E-state index in [9.17, 15) is 9.59 Å². The first kappa shape index (κ1) is 21.8. The van der Waals surface area contributed by atoms with Crippen LogP contribution in [-0.4, -0.2) is 24.5 Å². The molecule has 0 radical (unpaired) electrons. The summed E-state index contributed by atoms with van der Waals surface area (Å²) in [5.41, 5.74) is 6.01. The Balaban J connectivity index is 1.78. The molecule has 4 nitrogen and oxygen atoms in total. The summed E-state index contributed by atoms with van der Waals surface area (Å²) in [6.07, 6.45) is 4.73. The van der Waals surface area contributed by atoms with Gasteiger partial charge < -0.3 is 10.1 Å². The van der Waals surface area contributed by atoms with Crippen molar-refractivity contribution < 1.29 is 14.3 Å². The van der Waals surface area contributed by atoms with Gasteiger partial charge in [0.2, 0.25) is 0 Å². The number of allylic oxidation sites excluding steroid dienone is 1. The van der Waals surface area contributed by atoms with E-state index >= 15 is 0 Å². The number of hydrogen-bond acceptors (Lipinski definition) is 3. The van der Waals surface area contributed by atoms with Crippen molar-refractivity contribution in [2.45, 2.75) is 53.0 Å². The lowest BCUT2D eigenvalue weighted by molar-refractivity contribution is -0.146. The molecule has 3 unspecified atom stereocenters. The molecule has 3 rings (SSSR count). The molecular formula is C26H31NO3. The van der Waals surface area contributed by atoms with E-state index in [0.29, 0.717) is 18.6 Å². The van der Waals surface area contributed by atoms with Crippen LogP contribution in [0.1, 0.15) is 57.4 Å². The van der Waals surface area contributed by atoms with Crippen LogP contribution in [0.25, 0.3) is 0 Å². The minimum absolute atomic E-state index is 0.0193. The Morgan fingerprint density at radius 2 is 1.77 bits per heavy atom. The van der Waals surface area contributed by atoms with Gasteiger partial charge in [-0.3, -0.25) is 9.59 Å². The average Bonchev–Trinajstić information content (AvgIpc) is 3.11. The molecule has 0 spiro atoms. The van der Waals surface area contributed by atoms with Crippen LogP contribution in [0.2, 0.25) is 0 Å². The predicted molar refractivity (Wildman–Crippen MR) is 120 cm³/mol. The molecule has 3 atom stereocenters. The van der Waals surface area contributed by atoms with E-state index in [2.05, 4.69) is 23.5 Å². The number of amides is 1. The number of benzene rings is 2. The van der Waals surface area contributed by atoms with Crippen LogP contribution < -0.4 is 5.32 Å². The molecule has 1 aliphatic rings. The van der Waals surface area contributed by atoms with Crippen LogP contribution in [0.5, 0.6) is 0 Å². The molecule has 2 aromatic rings. The molecule has 2 aromatic carbocycles. The largest absolute Gasteiger partial charge is 0.466 e. The van der Waals surface area contributed by atoms with Gasteiger partial charge >= 0.3 is 5.97 Å². The first-order chi connectivity index (χ1) is 14.3. The number of ether oxygens (including phenoxy) is 1. The molecule has 30 heavy (non-hydrogen) atoms. The SMILES string of the molecule is CCOC(=O)C(c1cc(C)cc(C)c1)C1C=CC(NC(=O)c2cccc(C)c2C)C1. The highest BCUT2D eigenvalue weighted by Crippen LogP contribution is 2.35. The van der Waals surface area contributed by atoms with Crippen molar-refractivity contribution in [1.29, 1.82) is 0 Å². The predicted octanol–water partition coefficient (Wildman–Crippen LogP) is 4.94. The number of nitrogens with one attached hydrogen (secondary N) is 1. The fraction of sp³-hybridized carbons (Fsp3) is 0.385. The second-order valence-corrected chi connectivity index (χ2v) is 8.26. The highest BCUT2D eigenvalue weighted by molar-refractivity contribution is 5.96. The standard InChI is InChI=1S/C26H31NO3/c1-6-30-26(29)24(21-13-16(2)12-17(3)14-21)20-10-11-22(15-20)27-25(28)23-9-7-8-18(4)19(23)5/h7-14,20,22,24H,6,15H2,1-5H3,(H,27,28). The van der Waals surface area contributed by atoms with Crippen molar-refractivity contribution in [3.63, 3.8) is 0 Å². The Hall–Kier alpha value is -2.88. The van der Waals surface area contributed by atoms with Crippen molar-refractivity contribution >= 4 is 11.9 Å². The van der Waals surface area contributed by atoms with E-state index in [1.165, 1.54) is 0 Å². The van der Waals surface area contributed by atoms with E-state index in [0.717, 1.165) is 27.8 Å². The quantitative estimate of drug-likeness (QED) is 0.547. The normalized spacial score (nSPS) is 18.8. The van der Waals surface area contributed by atoms with Crippen LogP contribution >= 0.6 is 0 Å². The Kier molecular flexibility index (Phi) is 6.76. The molecule has 0 aliphatic heterocycles. The first-order valence-electron chi connectivity index (χ1n) is 10.6. The fourth-order valence-electron chi connectivity index (χ4n) is 4.30. The number of rotatable bonds is 6. The molecule has 1 amide bonds. The van der Waals surface area contributed by atoms with Gasteiger partial charge in [0.25, 0.3) is 5.91 Å². The van der Waals surface area contributed by atoms with E-state index in [1.54, 1.807) is 0 Å². The summed E-state index contributed by atoms with van der Waals surface area (Å²) in [6.45, 7) is 10.2. The second-order valence-electron chi connectivity index (χ2n) is 8.26. The molecule has 0 aromatic heterocycles. The maximum atomic E-state index is 12.8. The molecule has 1 aliphatic carbocycles. The van der Waals surface area contributed by atoms with E-state index in [4.69, 9.17) is 4.74 Å². The molecule has 0 heterocycles. The Labute approximate surface area is 179 Å². The van der Waals surface area contributed by atoms with Gasteiger partial charge in [-0.15, -0.1) is 0 Å². The number of hydrogen-bond donors (Lipinski definition) is 1. The van der Waals surface area contributed by atoms with Crippen LogP contribution in [0.3, 0.4) is 0 Å². The number of carbonyl (C=O) groups is 2. The van der Waals surface area contributed by atoms with Crippen molar-refractivity contribution in [3.05, 3.63) is 81.9 Å². The monoisotopic (exact) mass is 405 g/mol. The lowest BCUT2D eigenvalue weighted by atomic mass is 9.84. The molecule has 4 heteroatoms. The Bertz CT molecular complexity index is 956. The summed E-state index contributed by atoms with van der Waals surface area (Å²) in [4.78, 5) is 25.7. The summed E-state index contributed by atoms with van der Waals surface area (Å²) >= 11 is 0. The van der Waals surface area contributed by atoms with Gasteiger partial charge in [-0.1, -0.05) is 53.6 Å². The van der Waals surface area contributed by atoms with Crippen LogP contribution in [0, 0.1) is 33.6 Å². The lowest BCUT2D eigenvalue weighted by Gasteiger charge is -2.23. The van der Waals surface area contributed by atoms with Gasteiger partial charge in [-0.05, 0) is 69.7 Å². The molecule has 158 valence electrons. The zero-order valence-corrected chi connectivity index (χ0v) is 18.5. The molecule has 0 saturated carbocycles. The number of carbonyl (C=O) groups excluding carboxylic acids is 2. The fourth-order valence-corrected chi connectivity index (χ4v) is 4.30. The number of esters is 1. The summed E-state index contributed by atoms with van der Waals surface area (Å²) in [6, 6.07) is 11.9. The van der Waals surface area contributed by atoms with E-state index < -0.39 is 0 Å². The maximum Gasteiger partial charge on any atom is 0.314 e. The van der Waals surface area contributed by atoms with Crippen LogP contribution in [-0.2, 0) is 9.53 Å². The van der Waals surface area contributed by atoms with Crippen LogP contribution in [0.15, 0.2) is 48.6 Å². The zero-order valence-electron chi connectivity index (χ0n) is 18.5. The van der Waals surface area contributed by atoms with Gasteiger partial charge in [-0.2, -0.15) is 0 Å². The molecule has 0 bridgehead atoms. The topological polar surface area (TPSA) is 55.4 Å². The highest BCUT2D eigenvalue weighted by Gasteiger charge is 2.34. The van der Waals surface area contributed by atoms with Gasteiger partial charge in [0.15, 0.2) is 0 Å². The second kappa shape index (κ2) is 9.29. The van der Waals surface area contributed by atoms with Crippen molar-refractivity contribution in [3.8, 4) is 0 Å². The molecular weight excluding hydrogens is 374 g/mol. The zero-order chi connectivity index (χ0) is 21.8. The van der Waals surface area contributed by atoms with Gasteiger partial charge in [0, 0.05) is 11.6 Å². The van der Waals surface area contributed by atoms with Gasteiger partial charge in [0.05, 0.1) is 12.5 Å². The third-order valence-corrected chi connectivity index (χ3v) is 5.85. The summed E-state index contributed by atoms with van der Waals surface area (Å²) in [5, 5.41) is 3.12. The minimum Gasteiger partial charge on any atom is -0.466 e. The lowest BCUT2D eigenvalue weighted by Crippen LogP contribution is -2.34.